The Morgan fingerprint density at radius 2 is 2.35 bits per heavy atom. The molecule has 5 nitrogen and oxygen atoms in total. The predicted octanol–water partition coefficient (Wildman–Crippen LogP) is 2.05. The first kappa shape index (κ1) is 12.1. The van der Waals surface area contributed by atoms with Gasteiger partial charge in [-0.1, -0.05) is 18.5 Å². The zero-order valence-electron chi connectivity index (χ0n) is 9.16. The molecule has 0 aliphatic heterocycles. The molecule has 0 aliphatic carbocycles. The Hall–Kier alpha value is -1.40. The van der Waals surface area contributed by atoms with Crippen molar-refractivity contribution in [3.05, 3.63) is 37.8 Å². The minimum atomic E-state index is -0.349. The van der Waals surface area contributed by atoms with E-state index in [9.17, 15) is 4.79 Å². The Bertz CT molecular complexity index is 565. The Balaban J connectivity index is 2.07. The quantitative estimate of drug-likeness (QED) is 0.892. The number of aromatic nitrogens is 3. The van der Waals surface area contributed by atoms with Gasteiger partial charge in [-0.15, -0.1) is 11.3 Å². The second-order valence-corrected chi connectivity index (χ2v) is 4.90. The number of nitrogens with one attached hydrogen (secondary N) is 2. The number of aromatic amines is 1. The Kier molecular flexibility index (Phi) is 3.75. The van der Waals surface area contributed by atoms with Crippen LogP contribution in [0, 0.1) is 0 Å². The molecule has 0 fully saturated rings. The molecule has 2 aromatic heterocycles. The lowest BCUT2D eigenvalue weighted by molar-refractivity contribution is 1.04. The third-order valence-electron chi connectivity index (χ3n) is 2.15. The van der Waals surface area contributed by atoms with Crippen LogP contribution < -0.4 is 10.9 Å². The minimum Gasteiger partial charge on any atom is -0.362 e. The fourth-order valence-electron chi connectivity index (χ4n) is 1.26. The van der Waals surface area contributed by atoms with Crippen LogP contribution in [0.25, 0.3) is 0 Å². The van der Waals surface area contributed by atoms with Gasteiger partial charge < -0.3 is 10.3 Å². The minimum absolute atomic E-state index is 0.0692. The molecule has 2 rings (SSSR count). The number of rotatable bonds is 4. The SMILES string of the molecule is CCc1cnc(CNc2nc[nH]c(=O)c2Cl)s1. The maximum Gasteiger partial charge on any atom is 0.271 e. The maximum absolute atomic E-state index is 11.2. The molecule has 7 heteroatoms. The summed E-state index contributed by atoms with van der Waals surface area (Å²) in [6.45, 7) is 2.60. The van der Waals surface area contributed by atoms with E-state index in [1.54, 1.807) is 11.3 Å². The van der Waals surface area contributed by atoms with Crippen molar-refractivity contribution in [1.82, 2.24) is 15.0 Å². The number of hydrogen-bond acceptors (Lipinski definition) is 5. The largest absolute Gasteiger partial charge is 0.362 e. The molecule has 17 heavy (non-hydrogen) atoms. The zero-order chi connectivity index (χ0) is 12.3. The monoisotopic (exact) mass is 270 g/mol. The van der Waals surface area contributed by atoms with Crippen LogP contribution in [0.1, 0.15) is 16.8 Å². The van der Waals surface area contributed by atoms with Crippen LogP contribution >= 0.6 is 22.9 Å². The summed E-state index contributed by atoms with van der Waals surface area (Å²) in [7, 11) is 0. The van der Waals surface area contributed by atoms with Gasteiger partial charge in [-0.3, -0.25) is 4.79 Å². The van der Waals surface area contributed by atoms with Crippen molar-refractivity contribution in [3.8, 4) is 0 Å². The van der Waals surface area contributed by atoms with Crippen molar-refractivity contribution in [2.45, 2.75) is 19.9 Å². The summed E-state index contributed by atoms with van der Waals surface area (Å²) in [6, 6.07) is 0. The van der Waals surface area contributed by atoms with Gasteiger partial charge in [0.05, 0.1) is 12.9 Å². The van der Waals surface area contributed by atoms with Gasteiger partial charge in [0.1, 0.15) is 10.0 Å². The van der Waals surface area contributed by atoms with Crippen LogP contribution in [0.15, 0.2) is 17.3 Å². The third-order valence-corrected chi connectivity index (χ3v) is 3.65. The highest BCUT2D eigenvalue weighted by Gasteiger charge is 2.06. The summed E-state index contributed by atoms with van der Waals surface area (Å²) >= 11 is 7.44. The molecule has 0 radical (unpaired) electrons. The summed E-state index contributed by atoms with van der Waals surface area (Å²) in [5.74, 6) is 0.378. The van der Waals surface area contributed by atoms with Crippen LogP contribution in [0.4, 0.5) is 5.82 Å². The molecule has 0 atom stereocenters. The second-order valence-electron chi connectivity index (χ2n) is 3.32. The highest BCUT2D eigenvalue weighted by Crippen LogP contribution is 2.17. The number of thiazole rings is 1. The topological polar surface area (TPSA) is 70.7 Å². The van der Waals surface area contributed by atoms with Gasteiger partial charge in [-0.2, -0.15) is 0 Å². The summed E-state index contributed by atoms with van der Waals surface area (Å²) < 4.78 is 0. The van der Waals surface area contributed by atoms with E-state index < -0.39 is 0 Å². The fraction of sp³-hybridized carbons (Fsp3) is 0.300. The van der Waals surface area contributed by atoms with Gasteiger partial charge in [-0.25, -0.2) is 9.97 Å². The highest BCUT2D eigenvalue weighted by atomic mass is 35.5. The molecule has 0 saturated heterocycles. The maximum atomic E-state index is 11.2. The zero-order valence-corrected chi connectivity index (χ0v) is 10.7. The number of hydrogen-bond donors (Lipinski definition) is 2. The first-order valence-corrected chi connectivity index (χ1v) is 6.30. The lowest BCUT2D eigenvalue weighted by Gasteiger charge is -2.03. The van der Waals surface area contributed by atoms with Crippen LogP contribution in [0.5, 0.6) is 0 Å². The molecule has 90 valence electrons. The van der Waals surface area contributed by atoms with Gasteiger partial charge in [0, 0.05) is 11.1 Å². The van der Waals surface area contributed by atoms with Gasteiger partial charge in [0.15, 0.2) is 5.82 Å². The van der Waals surface area contributed by atoms with E-state index in [1.165, 1.54) is 11.2 Å². The van der Waals surface area contributed by atoms with Crippen molar-refractivity contribution in [2.75, 3.05) is 5.32 Å². The highest BCUT2D eigenvalue weighted by molar-refractivity contribution is 7.11. The van der Waals surface area contributed by atoms with Crippen LogP contribution in [0.2, 0.25) is 5.02 Å². The molecule has 2 heterocycles. The standard InChI is InChI=1S/C10H11ClN4OS/c1-2-6-3-12-7(17-6)4-13-9-8(11)10(16)15-5-14-9/h3,5H,2,4H2,1H3,(H2,13,14,15,16). The van der Waals surface area contributed by atoms with Gasteiger partial charge in [-0.05, 0) is 6.42 Å². The van der Waals surface area contributed by atoms with E-state index in [1.807, 2.05) is 6.20 Å². The summed E-state index contributed by atoms with van der Waals surface area (Å²) in [6.07, 6.45) is 4.14. The molecule has 2 N–H and O–H groups in total. The number of halogens is 1. The molecular weight excluding hydrogens is 260 g/mol. The van der Waals surface area contributed by atoms with E-state index in [4.69, 9.17) is 11.6 Å². The van der Waals surface area contributed by atoms with E-state index in [0.29, 0.717) is 12.4 Å². The van der Waals surface area contributed by atoms with Crippen LogP contribution in [-0.2, 0) is 13.0 Å². The van der Waals surface area contributed by atoms with Crippen molar-refractivity contribution in [2.24, 2.45) is 0 Å². The van der Waals surface area contributed by atoms with E-state index >= 15 is 0 Å². The van der Waals surface area contributed by atoms with Crippen LogP contribution in [-0.4, -0.2) is 15.0 Å². The van der Waals surface area contributed by atoms with Crippen molar-refractivity contribution >= 4 is 28.8 Å². The van der Waals surface area contributed by atoms with Crippen LogP contribution in [0.3, 0.4) is 0 Å². The Labute approximate surface area is 107 Å². The summed E-state index contributed by atoms with van der Waals surface area (Å²) in [5.41, 5.74) is -0.349. The predicted molar refractivity (Wildman–Crippen MR) is 68.7 cm³/mol. The van der Waals surface area contributed by atoms with E-state index in [-0.39, 0.29) is 10.6 Å². The smallest absolute Gasteiger partial charge is 0.271 e. The molecule has 0 aromatic carbocycles. The van der Waals surface area contributed by atoms with Gasteiger partial charge in [0.25, 0.3) is 5.56 Å². The average Bonchev–Trinajstić information content (AvgIpc) is 2.79. The lowest BCUT2D eigenvalue weighted by Crippen LogP contribution is -2.11. The summed E-state index contributed by atoms with van der Waals surface area (Å²) in [5, 5.41) is 4.01. The molecule has 0 amide bonds. The van der Waals surface area contributed by atoms with Crippen molar-refractivity contribution < 1.29 is 0 Å². The molecule has 0 aliphatic rings. The lowest BCUT2D eigenvalue weighted by atomic mass is 10.4. The van der Waals surface area contributed by atoms with E-state index in [2.05, 4.69) is 27.2 Å². The third kappa shape index (κ3) is 2.83. The van der Waals surface area contributed by atoms with Crippen molar-refractivity contribution in [1.29, 1.82) is 0 Å². The summed E-state index contributed by atoms with van der Waals surface area (Å²) in [4.78, 5) is 23.1. The molecule has 0 bridgehead atoms. The molecule has 0 spiro atoms. The second kappa shape index (κ2) is 5.29. The molecule has 0 unspecified atom stereocenters. The van der Waals surface area contributed by atoms with Gasteiger partial charge in [0.2, 0.25) is 0 Å². The van der Waals surface area contributed by atoms with Crippen molar-refractivity contribution in [3.63, 3.8) is 0 Å². The molecular formula is C10H11ClN4OS. The molecule has 0 saturated carbocycles. The Morgan fingerprint density at radius 1 is 1.53 bits per heavy atom. The average molecular weight is 271 g/mol. The number of nitrogens with zero attached hydrogens (tertiary/aromatic N) is 2. The number of H-pyrrole nitrogens is 1. The number of aryl methyl sites for hydroxylation is 1. The normalized spacial score (nSPS) is 10.5. The first-order chi connectivity index (χ1) is 8.20. The Morgan fingerprint density at radius 3 is 3.06 bits per heavy atom. The van der Waals surface area contributed by atoms with Gasteiger partial charge >= 0.3 is 0 Å². The number of anilines is 1. The fourth-order valence-corrected chi connectivity index (χ4v) is 2.23. The first-order valence-electron chi connectivity index (χ1n) is 5.11. The van der Waals surface area contributed by atoms with E-state index in [0.717, 1.165) is 11.4 Å². The molecule has 2 aromatic rings.